The van der Waals surface area contributed by atoms with Crippen LogP contribution in [0.4, 0.5) is 4.39 Å². The number of hydrogen-bond donors (Lipinski definition) is 0. The molecule has 3 rings (SSSR count). The summed E-state index contributed by atoms with van der Waals surface area (Å²) in [5.41, 5.74) is 0.851. The van der Waals surface area contributed by atoms with E-state index in [0.717, 1.165) is 0 Å². The highest BCUT2D eigenvalue weighted by molar-refractivity contribution is 7.84. The van der Waals surface area contributed by atoms with Crippen LogP contribution >= 0.6 is 0 Å². The topological polar surface area (TPSA) is 102 Å². The Bertz CT molecular complexity index is 1100. The maximum atomic E-state index is 13.2. The average Bonchev–Trinajstić information content (AvgIpc) is 3.14. The Hall–Kier alpha value is -3.08. The summed E-state index contributed by atoms with van der Waals surface area (Å²) in [7, 11) is 0.0815. The second-order valence-electron chi connectivity index (χ2n) is 8.16. The second kappa shape index (κ2) is 10.9. The fraction of sp³-hybridized carbons (Fsp3) is 0.478. The molecule has 0 saturated carbocycles. The van der Waals surface area contributed by atoms with Crippen molar-refractivity contribution in [3.63, 3.8) is 0 Å². The number of aromatic nitrogens is 2. The smallest absolute Gasteiger partial charge is 0.342 e. The number of benzene rings is 1. The van der Waals surface area contributed by atoms with Gasteiger partial charge in [0.2, 0.25) is 5.91 Å². The molecule has 1 fully saturated rings. The van der Waals surface area contributed by atoms with Gasteiger partial charge in [-0.15, -0.1) is 0 Å². The van der Waals surface area contributed by atoms with E-state index < -0.39 is 22.6 Å². The predicted molar refractivity (Wildman–Crippen MR) is 123 cm³/mol. The number of rotatable bonds is 7. The van der Waals surface area contributed by atoms with E-state index in [1.54, 1.807) is 30.7 Å². The number of carbonyl (C=O) groups excluding carboxylic acids is 3. The van der Waals surface area contributed by atoms with E-state index in [9.17, 15) is 23.0 Å². The maximum absolute atomic E-state index is 13.2. The number of piperidine rings is 1. The standard InChI is InChI=1S/C23H29FN4O5S/c1-5-33-23(31)20-15(2)25-28(22(20)34(4)32)14-19(29)26(3)18-7-6-12-27(13-18)21(30)16-8-10-17(24)11-9-16/h8-11,18H,5-7,12-14H2,1-4H3/t18-,34?/m0/s1. The molecule has 34 heavy (non-hydrogen) atoms. The van der Waals surface area contributed by atoms with Gasteiger partial charge in [0.05, 0.1) is 23.1 Å². The molecule has 1 saturated heterocycles. The second-order valence-corrected chi connectivity index (χ2v) is 9.45. The molecule has 1 aromatic carbocycles. The van der Waals surface area contributed by atoms with E-state index in [1.165, 1.54) is 35.2 Å². The van der Waals surface area contributed by atoms with Gasteiger partial charge in [-0.3, -0.25) is 13.8 Å². The van der Waals surface area contributed by atoms with Gasteiger partial charge in [-0.2, -0.15) is 5.10 Å². The summed E-state index contributed by atoms with van der Waals surface area (Å²) in [6, 6.07) is 5.17. The molecule has 1 aromatic heterocycles. The first kappa shape index (κ1) is 25.5. The third-order valence-corrected chi connectivity index (χ3v) is 6.79. The number of amides is 2. The predicted octanol–water partition coefficient (Wildman–Crippen LogP) is 2.01. The molecule has 1 aliphatic rings. The molecule has 0 N–H and O–H groups in total. The minimum atomic E-state index is -1.58. The van der Waals surface area contributed by atoms with Gasteiger partial charge < -0.3 is 14.5 Å². The van der Waals surface area contributed by atoms with Gasteiger partial charge in [0.1, 0.15) is 23.0 Å². The van der Waals surface area contributed by atoms with Crippen molar-refractivity contribution in [2.45, 2.75) is 44.3 Å². The van der Waals surface area contributed by atoms with Gasteiger partial charge in [-0.05, 0) is 51.0 Å². The van der Waals surface area contributed by atoms with Gasteiger partial charge in [0, 0.05) is 38.0 Å². The number of carbonyl (C=O) groups is 3. The highest BCUT2D eigenvalue weighted by Gasteiger charge is 2.31. The average molecular weight is 493 g/mol. The molecular formula is C23H29FN4O5S. The molecule has 2 amide bonds. The Morgan fingerprint density at radius 1 is 1.26 bits per heavy atom. The quantitative estimate of drug-likeness (QED) is 0.548. The summed E-state index contributed by atoms with van der Waals surface area (Å²) >= 11 is 0. The van der Waals surface area contributed by atoms with Crippen LogP contribution in [-0.2, 0) is 26.9 Å². The zero-order valence-electron chi connectivity index (χ0n) is 19.7. The van der Waals surface area contributed by atoms with E-state index >= 15 is 0 Å². The van der Waals surface area contributed by atoms with Crippen LogP contribution in [0.3, 0.4) is 0 Å². The Balaban J connectivity index is 1.73. The molecule has 184 valence electrons. The maximum Gasteiger partial charge on any atom is 0.342 e. The molecule has 1 aliphatic heterocycles. The summed E-state index contributed by atoms with van der Waals surface area (Å²) in [5, 5.41) is 4.42. The third kappa shape index (κ3) is 5.52. The number of likely N-dealkylation sites (N-methyl/N-ethyl adjacent to an activating group) is 1. The molecule has 11 heteroatoms. The van der Waals surface area contributed by atoms with Gasteiger partial charge in [0.25, 0.3) is 5.91 Å². The lowest BCUT2D eigenvalue weighted by Gasteiger charge is -2.37. The van der Waals surface area contributed by atoms with E-state index in [1.807, 2.05) is 0 Å². The van der Waals surface area contributed by atoms with E-state index in [0.29, 0.717) is 37.2 Å². The lowest BCUT2D eigenvalue weighted by molar-refractivity contribution is -0.133. The van der Waals surface area contributed by atoms with Crippen LogP contribution in [0.2, 0.25) is 0 Å². The Morgan fingerprint density at radius 3 is 2.56 bits per heavy atom. The van der Waals surface area contributed by atoms with Crippen molar-refractivity contribution in [3.05, 3.63) is 46.9 Å². The van der Waals surface area contributed by atoms with Crippen molar-refractivity contribution in [1.82, 2.24) is 19.6 Å². The number of hydrogen-bond acceptors (Lipinski definition) is 6. The van der Waals surface area contributed by atoms with Crippen molar-refractivity contribution in [2.24, 2.45) is 0 Å². The van der Waals surface area contributed by atoms with Gasteiger partial charge in [-0.25, -0.2) is 13.9 Å². The van der Waals surface area contributed by atoms with Crippen LogP contribution in [0.1, 0.15) is 46.2 Å². The first-order valence-electron chi connectivity index (χ1n) is 11.0. The molecule has 1 unspecified atom stereocenters. The first-order valence-corrected chi connectivity index (χ1v) is 12.6. The van der Waals surface area contributed by atoms with Gasteiger partial charge >= 0.3 is 5.97 Å². The molecule has 2 aromatic rings. The Kier molecular flexibility index (Phi) is 8.19. The zero-order valence-corrected chi connectivity index (χ0v) is 20.6. The molecule has 0 spiro atoms. The highest BCUT2D eigenvalue weighted by atomic mass is 32.2. The van der Waals surface area contributed by atoms with Crippen LogP contribution in [0.5, 0.6) is 0 Å². The monoisotopic (exact) mass is 492 g/mol. The van der Waals surface area contributed by atoms with Crippen molar-refractivity contribution in [3.8, 4) is 0 Å². The molecule has 2 atom stereocenters. The van der Waals surface area contributed by atoms with Crippen LogP contribution in [-0.4, -0.2) is 80.6 Å². The lowest BCUT2D eigenvalue weighted by atomic mass is 10.0. The van der Waals surface area contributed by atoms with Crippen LogP contribution in [0.15, 0.2) is 29.3 Å². The SMILES string of the molecule is CCOC(=O)c1c(C)nn(CC(=O)N(C)[C@H]2CCCN(C(=O)c3ccc(F)cc3)C2)c1S(C)=O. The number of ether oxygens (including phenoxy) is 1. The van der Waals surface area contributed by atoms with E-state index in [4.69, 9.17) is 4.74 Å². The summed E-state index contributed by atoms with van der Waals surface area (Å²) in [6.07, 6.45) is 2.85. The molecule has 9 nitrogen and oxygen atoms in total. The Morgan fingerprint density at radius 2 is 1.94 bits per heavy atom. The number of aryl methyl sites for hydroxylation is 1. The number of halogens is 1. The zero-order chi connectivity index (χ0) is 25.0. The highest BCUT2D eigenvalue weighted by Crippen LogP contribution is 2.21. The number of likely N-dealkylation sites (tertiary alicyclic amines) is 1. The van der Waals surface area contributed by atoms with Crippen LogP contribution in [0.25, 0.3) is 0 Å². The summed E-state index contributed by atoms with van der Waals surface area (Å²) in [5.74, 6) is -1.54. The molecule has 0 aliphatic carbocycles. The fourth-order valence-electron chi connectivity index (χ4n) is 4.07. The molecule has 2 heterocycles. The summed E-state index contributed by atoms with van der Waals surface area (Å²) < 4.78 is 31.9. The van der Waals surface area contributed by atoms with E-state index in [2.05, 4.69) is 5.10 Å². The molecule has 0 bridgehead atoms. The normalized spacial score (nSPS) is 16.7. The fourth-order valence-corrected chi connectivity index (χ4v) is 4.99. The largest absolute Gasteiger partial charge is 0.462 e. The summed E-state index contributed by atoms with van der Waals surface area (Å²) in [4.78, 5) is 41.5. The number of nitrogens with zero attached hydrogens (tertiary/aromatic N) is 4. The van der Waals surface area contributed by atoms with Gasteiger partial charge in [0.15, 0.2) is 0 Å². The van der Waals surface area contributed by atoms with Crippen LogP contribution in [0, 0.1) is 12.7 Å². The van der Waals surface area contributed by atoms with Crippen molar-refractivity contribution in [1.29, 1.82) is 0 Å². The first-order chi connectivity index (χ1) is 16.1. The molecular weight excluding hydrogens is 463 g/mol. The van der Waals surface area contributed by atoms with E-state index in [-0.39, 0.29) is 41.6 Å². The molecule has 0 radical (unpaired) electrons. The van der Waals surface area contributed by atoms with Crippen molar-refractivity contribution >= 4 is 28.6 Å². The third-order valence-electron chi connectivity index (χ3n) is 5.83. The number of esters is 1. The van der Waals surface area contributed by atoms with Crippen molar-refractivity contribution in [2.75, 3.05) is 33.0 Å². The van der Waals surface area contributed by atoms with Crippen molar-refractivity contribution < 1.29 is 27.7 Å². The lowest BCUT2D eigenvalue weighted by Crippen LogP contribution is -2.51. The minimum absolute atomic E-state index is 0.117. The minimum Gasteiger partial charge on any atom is -0.462 e. The summed E-state index contributed by atoms with van der Waals surface area (Å²) in [6.45, 7) is 4.14. The van der Waals surface area contributed by atoms with Gasteiger partial charge in [-0.1, -0.05) is 0 Å². The Labute approximate surface area is 200 Å². The van der Waals surface area contributed by atoms with Crippen LogP contribution < -0.4 is 0 Å².